The number of esters is 1. The Balaban J connectivity index is 1.65. The molecule has 0 aliphatic carbocycles. The van der Waals surface area contributed by atoms with Gasteiger partial charge in [0.05, 0.1) is 17.2 Å². The van der Waals surface area contributed by atoms with E-state index in [9.17, 15) is 9.59 Å². The van der Waals surface area contributed by atoms with Crippen molar-refractivity contribution in [1.29, 1.82) is 0 Å². The Morgan fingerprint density at radius 1 is 1.11 bits per heavy atom. The number of cyclic esters (lactones) is 1. The van der Waals surface area contributed by atoms with Gasteiger partial charge in [-0.1, -0.05) is 30.9 Å². The molecule has 0 spiro atoms. The number of carbonyl (C=O) groups is 2. The van der Waals surface area contributed by atoms with Crippen LogP contribution in [0.1, 0.15) is 75.8 Å². The molecule has 1 aromatic rings. The van der Waals surface area contributed by atoms with E-state index in [4.69, 9.17) is 25.5 Å². The Morgan fingerprint density at radius 2 is 1.89 bits per heavy atom. The van der Waals surface area contributed by atoms with Gasteiger partial charge in [-0.2, -0.15) is 0 Å². The van der Waals surface area contributed by atoms with E-state index in [1.807, 2.05) is 0 Å². The third kappa shape index (κ3) is 6.74. The van der Waals surface area contributed by atoms with Gasteiger partial charge in [0.25, 0.3) is 0 Å². The molecule has 3 unspecified atom stereocenters. The van der Waals surface area contributed by atoms with Crippen molar-refractivity contribution in [3.05, 3.63) is 22.9 Å². The van der Waals surface area contributed by atoms with E-state index >= 15 is 0 Å². The predicted octanol–water partition coefficient (Wildman–Crippen LogP) is 4.73. The number of aryl methyl sites for hydroxylation is 1. The molecule has 3 heterocycles. The van der Waals surface area contributed by atoms with E-state index in [2.05, 4.69) is 4.98 Å². The van der Waals surface area contributed by atoms with E-state index in [0.29, 0.717) is 42.3 Å². The number of carbonyl (C=O) groups excluding carboxylic acids is 2. The Hall–Kier alpha value is -1.66. The number of ether oxygens (including phenoxy) is 2. The Labute approximate surface area is 170 Å². The van der Waals surface area contributed by atoms with Crippen LogP contribution in [0.4, 0.5) is 0 Å². The number of halogens is 1. The third-order valence-electron chi connectivity index (χ3n) is 5.17. The van der Waals surface area contributed by atoms with Crippen molar-refractivity contribution in [2.75, 3.05) is 0 Å². The number of Topliss-reactive ketones (excluding diaryl/α,β-unsaturated/α-hetero) is 1. The standard InChI is InChI=1S/C21H28ClNO5/c1-14-23-15(13-26-14)11-17(22)19-12-20-18(27-20)9-5-3-2-4-7-16(24)8-6-10-21(25)28-19/h11,13,18-20H,2-10,12H2,1H3/b17-11-. The zero-order valence-electron chi connectivity index (χ0n) is 16.3. The lowest BCUT2D eigenvalue weighted by Gasteiger charge is -2.17. The summed E-state index contributed by atoms with van der Waals surface area (Å²) in [6.45, 7) is 1.75. The lowest BCUT2D eigenvalue weighted by Crippen LogP contribution is -2.21. The van der Waals surface area contributed by atoms with Crippen molar-refractivity contribution in [3.8, 4) is 0 Å². The summed E-state index contributed by atoms with van der Waals surface area (Å²) in [5.41, 5.74) is 0.588. The molecule has 154 valence electrons. The largest absolute Gasteiger partial charge is 0.456 e. The molecule has 0 aromatic carbocycles. The van der Waals surface area contributed by atoms with Crippen LogP contribution in [0.25, 0.3) is 6.08 Å². The van der Waals surface area contributed by atoms with Crippen LogP contribution >= 0.6 is 11.6 Å². The van der Waals surface area contributed by atoms with Gasteiger partial charge in [-0.25, -0.2) is 4.98 Å². The second-order valence-corrected chi connectivity index (χ2v) is 8.03. The Kier molecular flexibility index (Phi) is 7.68. The van der Waals surface area contributed by atoms with Gasteiger partial charge < -0.3 is 13.9 Å². The molecule has 2 aliphatic heterocycles. The van der Waals surface area contributed by atoms with Crippen LogP contribution in [0, 0.1) is 6.92 Å². The van der Waals surface area contributed by atoms with Crippen molar-refractivity contribution in [1.82, 2.24) is 4.98 Å². The molecular formula is C21H28ClNO5. The van der Waals surface area contributed by atoms with Gasteiger partial charge in [-0.15, -0.1) is 0 Å². The number of hydrogen-bond donors (Lipinski definition) is 0. The molecule has 2 saturated heterocycles. The molecule has 7 heteroatoms. The van der Waals surface area contributed by atoms with Crippen LogP contribution < -0.4 is 0 Å². The van der Waals surface area contributed by atoms with Gasteiger partial charge in [0.15, 0.2) is 5.89 Å². The van der Waals surface area contributed by atoms with Gasteiger partial charge in [0.2, 0.25) is 0 Å². The summed E-state index contributed by atoms with van der Waals surface area (Å²) in [6, 6.07) is 0. The maximum absolute atomic E-state index is 12.3. The van der Waals surface area contributed by atoms with E-state index < -0.39 is 6.10 Å². The first-order valence-electron chi connectivity index (χ1n) is 10.2. The summed E-state index contributed by atoms with van der Waals surface area (Å²) in [7, 11) is 0. The first-order valence-corrected chi connectivity index (χ1v) is 10.5. The Bertz CT molecular complexity index is 713. The normalized spacial score (nSPS) is 28.5. The van der Waals surface area contributed by atoms with Crippen LogP contribution in [0.15, 0.2) is 15.7 Å². The quantitative estimate of drug-likeness (QED) is 0.519. The molecule has 0 amide bonds. The molecule has 1 aromatic heterocycles. The number of nitrogens with zero attached hydrogens (tertiary/aromatic N) is 1. The van der Waals surface area contributed by atoms with Crippen LogP contribution in [0.2, 0.25) is 0 Å². The SMILES string of the molecule is Cc1nc(/C=C(\Cl)C2CC3OC3CCCCCCC(=O)CCCC(=O)O2)co1. The monoisotopic (exact) mass is 409 g/mol. The second-order valence-electron chi connectivity index (χ2n) is 7.59. The molecule has 3 rings (SSSR count). The van der Waals surface area contributed by atoms with Crippen molar-refractivity contribution < 1.29 is 23.5 Å². The number of fused-ring (bicyclic) bond motifs is 1. The van der Waals surface area contributed by atoms with Gasteiger partial charge in [0.1, 0.15) is 23.8 Å². The van der Waals surface area contributed by atoms with Crippen molar-refractivity contribution in [2.24, 2.45) is 0 Å². The lowest BCUT2D eigenvalue weighted by atomic mass is 10.0. The molecule has 2 aliphatic rings. The van der Waals surface area contributed by atoms with E-state index in [-0.39, 0.29) is 30.4 Å². The van der Waals surface area contributed by atoms with Crippen LogP contribution in [-0.2, 0) is 19.1 Å². The fraction of sp³-hybridized carbons (Fsp3) is 0.667. The van der Waals surface area contributed by atoms with E-state index in [1.54, 1.807) is 13.0 Å². The maximum Gasteiger partial charge on any atom is 0.306 e. The topological polar surface area (TPSA) is 81.9 Å². The lowest BCUT2D eigenvalue weighted by molar-refractivity contribution is -0.147. The Morgan fingerprint density at radius 3 is 2.68 bits per heavy atom. The van der Waals surface area contributed by atoms with Gasteiger partial charge in [-0.05, 0) is 25.3 Å². The summed E-state index contributed by atoms with van der Waals surface area (Å²) in [6.07, 6.45) is 10.3. The predicted molar refractivity (Wildman–Crippen MR) is 105 cm³/mol. The minimum Gasteiger partial charge on any atom is -0.456 e. The highest BCUT2D eigenvalue weighted by Gasteiger charge is 2.41. The smallest absolute Gasteiger partial charge is 0.306 e. The molecule has 6 nitrogen and oxygen atoms in total. The molecule has 3 atom stereocenters. The highest BCUT2D eigenvalue weighted by molar-refractivity contribution is 6.32. The number of epoxide rings is 1. The van der Waals surface area contributed by atoms with Crippen LogP contribution in [0.5, 0.6) is 0 Å². The summed E-state index contributed by atoms with van der Waals surface area (Å²) >= 11 is 6.47. The highest BCUT2D eigenvalue weighted by atomic mass is 35.5. The minimum absolute atomic E-state index is 0.0634. The highest BCUT2D eigenvalue weighted by Crippen LogP contribution is 2.34. The molecule has 0 radical (unpaired) electrons. The third-order valence-corrected chi connectivity index (χ3v) is 5.52. The van der Waals surface area contributed by atoms with Crippen molar-refractivity contribution >= 4 is 29.4 Å². The van der Waals surface area contributed by atoms with Crippen LogP contribution in [-0.4, -0.2) is 35.0 Å². The first kappa shape index (κ1) is 21.1. The number of rotatable bonds is 2. The fourth-order valence-corrected chi connectivity index (χ4v) is 3.79. The van der Waals surface area contributed by atoms with Crippen molar-refractivity contribution in [3.63, 3.8) is 0 Å². The number of aromatic nitrogens is 1. The number of ketones is 1. The fourth-order valence-electron chi connectivity index (χ4n) is 3.54. The van der Waals surface area contributed by atoms with E-state index in [0.717, 1.165) is 32.1 Å². The zero-order chi connectivity index (χ0) is 19.9. The summed E-state index contributed by atoms with van der Waals surface area (Å²) in [5, 5.41) is 0.396. The second kappa shape index (κ2) is 10.2. The minimum atomic E-state index is -0.579. The first-order chi connectivity index (χ1) is 13.5. The molecule has 2 fully saturated rings. The summed E-state index contributed by atoms with van der Waals surface area (Å²) < 4.78 is 16.6. The van der Waals surface area contributed by atoms with E-state index in [1.165, 1.54) is 6.26 Å². The van der Waals surface area contributed by atoms with Crippen molar-refractivity contribution in [2.45, 2.75) is 89.4 Å². The molecule has 0 N–H and O–H groups in total. The van der Waals surface area contributed by atoms with Crippen LogP contribution in [0.3, 0.4) is 0 Å². The average molecular weight is 410 g/mol. The average Bonchev–Trinajstić information content (AvgIpc) is 3.25. The summed E-state index contributed by atoms with van der Waals surface area (Å²) in [4.78, 5) is 28.4. The van der Waals surface area contributed by atoms with Gasteiger partial charge in [-0.3, -0.25) is 9.59 Å². The zero-order valence-corrected chi connectivity index (χ0v) is 17.1. The summed E-state index contributed by atoms with van der Waals surface area (Å²) in [5.74, 6) is 0.423. The molecule has 0 saturated carbocycles. The maximum atomic E-state index is 12.3. The molecular weight excluding hydrogens is 382 g/mol. The number of hydrogen-bond acceptors (Lipinski definition) is 6. The molecule has 28 heavy (non-hydrogen) atoms. The number of oxazole rings is 1. The van der Waals surface area contributed by atoms with Gasteiger partial charge in [0, 0.05) is 32.6 Å². The molecule has 0 bridgehead atoms. The van der Waals surface area contributed by atoms with Gasteiger partial charge >= 0.3 is 5.97 Å².